The Kier molecular flexibility index (Phi) is 3.56. The molecule has 0 aromatic heterocycles. The van der Waals surface area contributed by atoms with Crippen LogP contribution in [0.25, 0.3) is 0 Å². The highest BCUT2D eigenvalue weighted by Crippen LogP contribution is 2.28. The van der Waals surface area contributed by atoms with Gasteiger partial charge in [0.05, 0.1) is 17.3 Å². The highest BCUT2D eigenvalue weighted by Gasteiger charge is 2.32. The van der Waals surface area contributed by atoms with Crippen molar-refractivity contribution in [2.75, 3.05) is 7.05 Å². The molecule has 1 heterocycles. The molecule has 0 aromatic rings. The molecular formula is C12H19N5. The molecule has 5 heteroatoms. The van der Waals surface area contributed by atoms with Crippen LogP contribution in [0.4, 0.5) is 0 Å². The standard InChI is InChI=1S/C12H19N5/c1-9-11(7-13)12(15-8-14-2)17(16-9)10-5-3-4-6-10/h7-8,10H,3-6,13H2,1-2H3/b11-7+,14-8-,15-12+. The van der Waals surface area contributed by atoms with E-state index < -0.39 is 0 Å². The van der Waals surface area contributed by atoms with Gasteiger partial charge < -0.3 is 5.73 Å². The molecule has 0 saturated heterocycles. The predicted octanol–water partition coefficient (Wildman–Crippen LogP) is 1.52. The Morgan fingerprint density at radius 1 is 1.41 bits per heavy atom. The Labute approximate surface area is 102 Å². The molecule has 1 fully saturated rings. The zero-order chi connectivity index (χ0) is 12.3. The Hall–Kier alpha value is -1.65. The van der Waals surface area contributed by atoms with E-state index in [1.54, 1.807) is 19.6 Å². The minimum Gasteiger partial charge on any atom is -0.404 e. The molecular weight excluding hydrogens is 214 g/mol. The first kappa shape index (κ1) is 11.8. The van der Waals surface area contributed by atoms with E-state index in [9.17, 15) is 0 Å². The van der Waals surface area contributed by atoms with E-state index in [0.29, 0.717) is 6.04 Å². The van der Waals surface area contributed by atoms with Gasteiger partial charge in [0.15, 0.2) is 5.84 Å². The lowest BCUT2D eigenvalue weighted by molar-refractivity contribution is 0.337. The lowest BCUT2D eigenvalue weighted by Gasteiger charge is -2.22. The molecule has 0 bridgehead atoms. The summed E-state index contributed by atoms with van der Waals surface area (Å²) in [5, 5.41) is 6.58. The fourth-order valence-electron chi connectivity index (χ4n) is 2.39. The molecule has 0 aromatic carbocycles. The molecule has 92 valence electrons. The summed E-state index contributed by atoms with van der Waals surface area (Å²) in [4.78, 5) is 8.25. The summed E-state index contributed by atoms with van der Waals surface area (Å²) in [6.07, 6.45) is 8.03. The Morgan fingerprint density at radius 3 is 2.71 bits per heavy atom. The third kappa shape index (κ3) is 2.23. The first-order chi connectivity index (χ1) is 8.27. The number of amidine groups is 1. The van der Waals surface area contributed by atoms with Gasteiger partial charge in [-0.05, 0) is 19.8 Å². The largest absolute Gasteiger partial charge is 0.404 e. The van der Waals surface area contributed by atoms with Gasteiger partial charge in [0, 0.05) is 13.2 Å². The molecule has 0 amide bonds. The molecule has 2 aliphatic rings. The van der Waals surface area contributed by atoms with Crippen molar-refractivity contribution in [1.29, 1.82) is 0 Å². The van der Waals surface area contributed by atoms with Gasteiger partial charge >= 0.3 is 0 Å². The maximum Gasteiger partial charge on any atom is 0.161 e. The zero-order valence-corrected chi connectivity index (χ0v) is 10.4. The topological polar surface area (TPSA) is 66.3 Å². The SMILES string of the molecule is C\N=C/N=C1\C(=C\N)C(C)=NN1C1CCCC1. The first-order valence-corrected chi connectivity index (χ1v) is 6.03. The molecule has 1 aliphatic heterocycles. The van der Waals surface area contributed by atoms with E-state index in [-0.39, 0.29) is 0 Å². The van der Waals surface area contributed by atoms with Crippen LogP contribution >= 0.6 is 0 Å². The van der Waals surface area contributed by atoms with Crippen LogP contribution < -0.4 is 5.73 Å². The summed E-state index contributed by atoms with van der Waals surface area (Å²) >= 11 is 0. The van der Waals surface area contributed by atoms with Gasteiger partial charge in [-0.15, -0.1) is 0 Å². The molecule has 0 atom stereocenters. The van der Waals surface area contributed by atoms with Gasteiger partial charge in [-0.25, -0.2) is 10.0 Å². The normalized spacial score (nSPS) is 26.7. The minimum atomic E-state index is 0.464. The van der Waals surface area contributed by atoms with Gasteiger partial charge in [0.25, 0.3) is 0 Å². The Balaban J connectivity index is 2.30. The smallest absolute Gasteiger partial charge is 0.161 e. The second kappa shape index (κ2) is 5.12. The van der Waals surface area contributed by atoms with Crippen molar-refractivity contribution in [3.8, 4) is 0 Å². The van der Waals surface area contributed by atoms with Gasteiger partial charge in [-0.3, -0.25) is 4.99 Å². The maximum atomic E-state index is 5.65. The number of hydrogen-bond acceptors (Lipinski definition) is 3. The van der Waals surface area contributed by atoms with Crippen LogP contribution in [0.3, 0.4) is 0 Å². The number of nitrogens with two attached hydrogens (primary N) is 1. The summed E-state index contributed by atoms with van der Waals surface area (Å²) < 4.78 is 0. The molecule has 5 nitrogen and oxygen atoms in total. The van der Waals surface area contributed by atoms with E-state index in [2.05, 4.69) is 15.1 Å². The molecule has 2 rings (SSSR count). The van der Waals surface area contributed by atoms with Gasteiger partial charge in [0.2, 0.25) is 0 Å². The van der Waals surface area contributed by atoms with Crippen LogP contribution in [0, 0.1) is 0 Å². The third-order valence-electron chi connectivity index (χ3n) is 3.24. The van der Waals surface area contributed by atoms with Crippen LogP contribution in [0.5, 0.6) is 0 Å². The first-order valence-electron chi connectivity index (χ1n) is 6.03. The number of nitrogens with zero attached hydrogens (tertiary/aromatic N) is 4. The third-order valence-corrected chi connectivity index (χ3v) is 3.24. The van der Waals surface area contributed by atoms with Crippen LogP contribution in [0.2, 0.25) is 0 Å². The molecule has 1 aliphatic carbocycles. The molecule has 0 unspecified atom stereocenters. The van der Waals surface area contributed by atoms with Gasteiger partial charge in [-0.1, -0.05) is 12.8 Å². The number of hydrazone groups is 1. The van der Waals surface area contributed by atoms with Gasteiger partial charge in [0.1, 0.15) is 6.34 Å². The zero-order valence-electron chi connectivity index (χ0n) is 10.4. The second-order valence-corrected chi connectivity index (χ2v) is 4.37. The van der Waals surface area contributed by atoms with Crippen molar-refractivity contribution < 1.29 is 0 Å². The highest BCUT2D eigenvalue weighted by atomic mass is 15.5. The second-order valence-electron chi connectivity index (χ2n) is 4.37. The highest BCUT2D eigenvalue weighted by molar-refractivity contribution is 6.26. The number of aliphatic imine (C=N–C) groups is 2. The summed E-state index contributed by atoms with van der Waals surface area (Å²) in [5.74, 6) is 0.836. The molecule has 17 heavy (non-hydrogen) atoms. The quantitative estimate of drug-likeness (QED) is 0.580. The van der Waals surface area contributed by atoms with Crippen molar-refractivity contribution in [1.82, 2.24) is 5.01 Å². The lowest BCUT2D eigenvalue weighted by atomic mass is 10.1. The fraction of sp³-hybridized carbons (Fsp3) is 0.583. The average Bonchev–Trinajstić information content (AvgIpc) is 2.93. The van der Waals surface area contributed by atoms with E-state index in [1.807, 2.05) is 11.9 Å². The van der Waals surface area contributed by atoms with Gasteiger partial charge in [-0.2, -0.15) is 5.10 Å². The van der Waals surface area contributed by atoms with Crippen molar-refractivity contribution in [3.63, 3.8) is 0 Å². The van der Waals surface area contributed by atoms with E-state index in [4.69, 9.17) is 5.73 Å². The monoisotopic (exact) mass is 233 g/mol. The summed E-state index contributed by atoms with van der Waals surface area (Å²) in [5.41, 5.74) is 7.50. The van der Waals surface area contributed by atoms with E-state index in [0.717, 1.165) is 17.1 Å². The number of rotatable bonds is 2. The maximum absolute atomic E-state index is 5.65. The van der Waals surface area contributed by atoms with E-state index >= 15 is 0 Å². The molecule has 1 saturated carbocycles. The molecule has 0 radical (unpaired) electrons. The van der Waals surface area contributed by atoms with Crippen LogP contribution in [0.1, 0.15) is 32.6 Å². The van der Waals surface area contributed by atoms with E-state index in [1.165, 1.54) is 25.7 Å². The summed E-state index contributed by atoms with van der Waals surface area (Å²) in [6.45, 7) is 1.96. The minimum absolute atomic E-state index is 0.464. The number of hydrogen-bond donors (Lipinski definition) is 1. The predicted molar refractivity (Wildman–Crippen MR) is 71.3 cm³/mol. The fourth-order valence-corrected chi connectivity index (χ4v) is 2.39. The summed E-state index contributed by atoms with van der Waals surface area (Å²) in [6, 6.07) is 0.464. The van der Waals surface area contributed by atoms with Crippen LogP contribution in [0.15, 0.2) is 26.9 Å². The molecule has 2 N–H and O–H groups in total. The average molecular weight is 233 g/mol. The van der Waals surface area contributed by atoms with Crippen LogP contribution in [-0.2, 0) is 0 Å². The van der Waals surface area contributed by atoms with Crippen molar-refractivity contribution >= 4 is 17.9 Å². The van der Waals surface area contributed by atoms with Crippen molar-refractivity contribution in [2.45, 2.75) is 38.6 Å². The lowest BCUT2D eigenvalue weighted by Crippen LogP contribution is -2.32. The van der Waals surface area contributed by atoms with Crippen LogP contribution in [-0.4, -0.2) is 36.0 Å². The summed E-state index contributed by atoms with van der Waals surface area (Å²) in [7, 11) is 1.71. The van der Waals surface area contributed by atoms with Crippen molar-refractivity contribution in [2.24, 2.45) is 20.8 Å². The molecule has 0 spiro atoms. The Bertz CT molecular complexity index is 399. The van der Waals surface area contributed by atoms with Crippen molar-refractivity contribution in [3.05, 3.63) is 11.8 Å². The Morgan fingerprint density at radius 2 is 2.12 bits per heavy atom.